The Kier molecular flexibility index (Phi) is 3.82. The first-order valence-electron chi connectivity index (χ1n) is 5.81. The molecule has 18 heavy (non-hydrogen) atoms. The highest BCUT2D eigenvalue weighted by Crippen LogP contribution is 2.31. The van der Waals surface area contributed by atoms with Gasteiger partial charge in [-0.1, -0.05) is 11.6 Å². The second-order valence-electron chi connectivity index (χ2n) is 4.35. The molecule has 4 heteroatoms. The molecule has 0 bridgehead atoms. The van der Waals surface area contributed by atoms with Crippen LogP contribution >= 0.6 is 11.6 Å². The number of hydrogen-bond acceptors (Lipinski definition) is 3. The molecule has 0 atom stereocenters. The third kappa shape index (κ3) is 2.99. The van der Waals surface area contributed by atoms with Gasteiger partial charge in [-0.15, -0.1) is 0 Å². The highest BCUT2D eigenvalue weighted by atomic mass is 35.5. The highest BCUT2D eigenvalue weighted by Gasteiger charge is 2.10. The molecule has 0 aliphatic carbocycles. The smallest absolute Gasteiger partial charge is 0.130 e. The first-order chi connectivity index (χ1) is 8.56. The largest absolute Gasteiger partial charge is 0.490 e. The van der Waals surface area contributed by atoms with Gasteiger partial charge in [0.1, 0.15) is 5.75 Å². The Morgan fingerprint density at radius 2 is 1.94 bits per heavy atom. The van der Waals surface area contributed by atoms with Crippen LogP contribution in [0.4, 0.5) is 0 Å². The highest BCUT2D eigenvalue weighted by molar-refractivity contribution is 6.30. The molecule has 2 rings (SSSR count). The Bertz CT molecular complexity index is 538. The first-order valence-corrected chi connectivity index (χ1v) is 6.19. The van der Waals surface area contributed by atoms with Crippen molar-refractivity contribution in [2.45, 2.75) is 26.9 Å². The Morgan fingerprint density at radius 3 is 2.56 bits per heavy atom. The van der Waals surface area contributed by atoms with Crippen LogP contribution in [-0.2, 0) is 0 Å². The van der Waals surface area contributed by atoms with Crippen molar-refractivity contribution in [3.05, 3.63) is 41.3 Å². The van der Waals surface area contributed by atoms with Gasteiger partial charge in [-0.2, -0.15) is 0 Å². The molecule has 0 aliphatic heterocycles. The molecule has 0 N–H and O–H groups in total. The molecule has 0 saturated carbocycles. The molecule has 0 unspecified atom stereocenters. The van der Waals surface area contributed by atoms with Gasteiger partial charge in [0.05, 0.1) is 23.7 Å². The minimum absolute atomic E-state index is 0.0839. The minimum Gasteiger partial charge on any atom is -0.490 e. The summed E-state index contributed by atoms with van der Waals surface area (Å²) in [6, 6.07) is 5.53. The lowest BCUT2D eigenvalue weighted by atomic mass is 10.1. The number of aryl methyl sites for hydroxylation is 1. The molecule has 0 amide bonds. The number of nitrogens with zero attached hydrogens (tertiary/aromatic N) is 2. The lowest BCUT2D eigenvalue weighted by Crippen LogP contribution is -2.06. The van der Waals surface area contributed by atoms with E-state index < -0.39 is 0 Å². The number of aromatic nitrogens is 2. The number of rotatable bonds is 3. The summed E-state index contributed by atoms with van der Waals surface area (Å²) in [6.45, 7) is 5.86. The van der Waals surface area contributed by atoms with E-state index in [-0.39, 0.29) is 6.10 Å². The fourth-order valence-corrected chi connectivity index (χ4v) is 1.75. The third-order valence-corrected chi connectivity index (χ3v) is 2.60. The molecule has 3 nitrogen and oxygen atoms in total. The summed E-state index contributed by atoms with van der Waals surface area (Å²) < 4.78 is 5.76. The molecule has 94 valence electrons. The van der Waals surface area contributed by atoms with Crippen molar-refractivity contribution in [2.75, 3.05) is 0 Å². The number of hydrogen-bond donors (Lipinski definition) is 0. The van der Waals surface area contributed by atoms with Crippen LogP contribution in [0, 0.1) is 6.92 Å². The van der Waals surface area contributed by atoms with Crippen molar-refractivity contribution >= 4 is 11.6 Å². The molecule has 0 saturated heterocycles. The molecule has 0 aliphatic rings. The van der Waals surface area contributed by atoms with Gasteiger partial charge in [0.25, 0.3) is 0 Å². The molecule has 0 fully saturated rings. The summed E-state index contributed by atoms with van der Waals surface area (Å²) in [7, 11) is 0. The molecule has 0 radical (unpaired) electrons. The number of ether oxygens (including phenoxy) is 1. The molecule has 1 aromatic heterocycles. The van der Waals surface area contributed by atoms with Gasteiger partial charge in [0.15, 0.2) is 0 Å². The van der Waals surface area contributed by atoms with Crippen LogP contribution in [0.3, 0.4) is 0 Å². The maximum Gasteiger partial charge on any atom is 0.130 e. The summed E-state index contributed by atoms with van der Waals surface area (Å²) in [6.07, 6.45) is 3.56. The van der Waals surface area contributed by atoms with E-state index in [9.17, 15) is 0 Å². The average molecular weight is 263 g/mol. The van der Waals surface area contributed by atoms with E-state index in [2.05, 4.69) is 9.97 Å². The standard InChI is InChI=1S/C14H15ClN2O/c1-9(2)18-14-6-11(15)4-5-12(14)13-8-16-10(3)7-17-13/h4-9H,1-3H3. The van der Waals surface area contributed by atoms with Crippen molar-refractivity contribution < 1.29 is 4.74 Å². The van der Waals surface area contributed by atoms with E-state index in [1.165, 1.54) is 0 Å². The monoisotopic (exact) mass is 262 g/mol. The minimum atomic E-state index is 0.0839. The van der Waals surface area contributed by atoms with Crippen molar-refractivity contribution in [3.63, 3.8) is 0 Å². The summed E-state index contributed by atoms with van der Waals surface area (Å²) in [5.41, 5.74) is 2.58. The van der Waals surface area contributed by atoms with Crippen LogP contribution in [0.1, 0.15) is 19.5 Å². The lowest BCUT2D eigenvalue weighted by Gasteiger charge is -2.14. The Hall–Kier alpha value is -1.61. The summed E-state index contributed by atoms with van der Waals surface area (Å²) >= 11 is 6.00. The van der Waals surface area contributed by atoms with Gasteiger partial charge >= 0.3 is 0 Å². The number of halogens is 1. The van der Waals surface area contributed by atoms with E-state index in [1.807, 2.05) is 32.9 Å². The van der Waals surface area contributed by atoms with Crippen LogP contribution in [0.15, 0.2) is 30.6 Å². The molecule has 0 spiro atoms. The van der Waals surface area contributed by atoms with Gasteiger partial charge in [0, 0.05) is 16.8 Å². The summed E-state index contributed by atoms with van der Waals surface area (Å²) in [5.74, 6) is 0.732. The van der Waals surface area contributed by atoms with E-state index in [0.717, 1.165) is 22.7 Å². The zero-order valence-electron chi connectivity index (χ0n) is 10.6. The number of benzene rings is 1. The predicted molar refractivity (Wildman–Crippen MR) is 73.0 cm³/mol. The predicted octanol–water partition coefficient (Wildman–Crippen LogP) is 3.89. The van der Waals surface area contributed by atoms with Crippen LogP contribution in [0.25, 0.3) is 11.3 Å². The van der Waals surface area contributed by atoms with E-state index in [0.29, 0.717) is 5.02 Å². The van der Waals surface area contributed by atoms with Gasteiger partial charge in [-0.25, -0.2) is 0 Å². The van der Waals surface area contributed by atoms with Gasteiger partial charge in [-0.05, 0) is 39.0 Å². The van der Waals surface area contributed by atoms with Gasteiger partial charge in [0.2, 0.25) is 0 Å². The van der Waals surface area contributed by atoms with Crippen molar-refractivity contribution in [2.24, 2.45) is 0 Å². The van der Waals surface area contributed by atoms with E-state index >= 15 is 0 Å². The maximum atomic E-state index is 6.00. The molecule has 1 heterocycles. The van der Waals surface area contributed by atoms with E-state index in [4.69, 9.17) is 16.3 Å². The topological polar surface area (TPSA) is 35.0 Å². The normalized spacial score (nSPS) is 10.7. The second kappa shape index (κ2) is 5.36. The summed E-state index contributed by atoms with van der Waals surface area (Å²) in [5, 5.41) is 0.648. The van der Waals surface area contributed by atoms with Crippen molar-refractivity contribution in [3.8, 4) is 17.0 Å². The summed E-state index contributed by atoms with van der Waals surface area (Å²) in [4.78, 5) is 8.61. The van der Waals surface area contributed by atoms with Crippen LogP contribution in [0.2, 0.25) is 5.02 Å². The second-order valence-corrected chi connectivity index (χ2v) is 4.79. The van der Waals surface area contributed by atoms with Crippen molar-refractivity contribution in [1.29, 1.82) is 0 Å². The lowest BCUT2D eigenvalue weighted by molar-refractivity contribution is 0.243. The molecule has 1 aromatic carbocycles. The zero-order valence-corrected chi connectivity index (χ0v) is 11.4. The first kappa shape index (κ1) is 12.8. The SMILES string of the molecule is Cc1cnc(-c2ccc(Cl)cc2OC(C)C)cn1. The van der Waals surface area contributed by atoms with Crippen LogP contribution in [0.5, 0.6) is 5.75 Å². The van der Waals surface area contributed by atoms with Crippen LogP contribution < -0.4 is 4.74 Å². The Morgan fingerprint density at radius 1 is 1.17 bits per heavy atom. The van der Waals surface area contributed by atoms with Crippen molar-refractivity contribution in [1.82, 2.24) is 9.97 Å². The molecular weight excluding hydrogens is 248 g/mol. The fraction of sp³-hybridized carbons (Fsp3) is 0.286. The Balaban J connectivity index is 2.45. The maximum absolute atomic E-state index is 6.00. The van der Waals surface area contributed by atoms with Gasteiger partial charge in [-0.3, -0.25) is 9.97 Å². The van der Waals surface area contributed by atoms with Crippen LogP contribution in [-0.4, -0.2) is 16.1 Å². The zero-order chi connectivity index (χ0) is 13.1. The third-order valence-electron chi connectivity index (χ3n) is 2.36. The van der Waals surface area contributed by atoms with E-state index in [1.54, 1.807) is 18.5 Å². The fourth-order valence-electron chi connectivity index (χ4n) is 1.59. The quantitative estimate of drug-likeness (QED) is 0.842. The Labute approximate surface area is 112 Å². The average Bonchev–Trinajstić information content (AvgIpc) is 2.30. The molecule has 2 aromatic rings. The molecular formula is C14H15ClN2O. The van der Waals surface area contributed by atoms with Gasteiger partial charge < -0.3 is 4.74 Å².